The summed E-state index contributed by atoms with van der Waals surface area (Å²) >= 11 is 0. The maximum absolute atomic E-state index is 12.9. The Morgan fingerprint density at radius 2 is 1.91 bits per heavy atom. The maximum Gasteiger partial charge on any atom is 0.272 e. The summed E-state index contributed by atoms with van der Waals surface area (Å²) in [7, 11) is 0. The van der Waals surface area contributed by atoms with Crippen molar-refractivity contribution in [3.8, 4) is 0 Å². The number of nitrogens with zero attached hydrogens (tertiary/aromatic N) is 4. The number of amides is 1. The number of hydrogen-bond donors (Lipinski definition) is 0. The van der Waals surface area contributed by atoms with Crippen molar-refractivity contribution >= 4 is 5.91 Å². The van der Waals surface area contributed by atoms with E-state index in [1.165, 1.54) is 45.2 Å². The largest absolute Gasteiger partial charge is 0.336 e. The number of aryl methyl sites for hydroxylation is 2. The number of rotatable bonds is 3. The summed E-state index contributed by atoms with van der Waals surface area (Å²) in [6.45, 7) is 8.93. The van der Waals surface area contributed by atoms with Crippen molar-refractivity contribution in [3.05, 3.63) is 17.5 Å². The molecule has 2 saturated heterocycles. The predicted octanol–water partition coefficient (Wildman–Crippen LogP) is 2.69. The number of piperidine rings is 1. The van der Waals surface area contributed by atoms with Crippen molar-refractivity contribution in [2.24, 2.45) is 0 Å². The van der Waals surface area contributed by atoms with E-state index in [0.29, 0.717) is 6.04 Å². The minimum atomic E-state index is 0.159. The molecule has 5 heteroatoms. The van der Waals surface area contributed by atoms with Gasteiger partial charge in [-0.1, -0.05) is 12.8 Å². The number of carbonyl (C=O) groups excluding carboxylic acids is 1. The Hall–Kier alpha value is -1.36. The van der Waals surface area contributed by atoms with Crippen molar-refractivity contribution in [2.45, 2.75) is 65.0 Å². The lowest BCUT2D eigenvalue weighted by Gasteiger charge is -2.39. The van der Waals surface area contributed by atoms with E-state index in [-0.39, 0.29) is 5.91 Å². The molecule has 1 unspecified atom stereocenters. The van der Waals surface area contributed by atoms with Crippen molar-refractivity contribution in [1.82, 2.24) is 19.6 Å². The number of likely N-dealkylation sites (tertiary alicyclic amines) is 2. The summed E-state index contributed by atoms with van der Waals surface area (Å²) in [4.78, 5) is 17.6. The standard InChI is InChI=1S/C18H30N4O/c1-3-22-17(13-15(2)19-22)18(23)21-12-8-9-16(14-21)20-10-6-4-5-7-11-20/h13,16H,3-12,14H2,1-2H3. The molecular formula is C18H30N4O. The fraction of sp³-hybridized carbons (Fsp3) is 0.778. The molecule has 1 atom stereocenters. The fourth-order valence-corrected chi connectivity index (χ4v) is 4.02. The summed E-state index contributed by atoms with van der Waals surface area (Å²) in [6.07, 6.45) is 7.70. The second-order valence-corrected chi connectivity index (χ2v) is 6.98. The van der Waals surface area contributed by atoms with Gasteiger partial charge in [-0.15, -0.1) is 0 Å². The maximum atomic E-state index is 12.9. The van der Waals surface area contributed by atoms with E-state index in [0.717, 1.165) is 37.4 Å². The van der Waals surface area contributed by atoms with Gasteiger partial charge in [-0.2, -0.15) is 5.10 Å². The third-order valence-electron chi connectivity index (χ3n) is 5.26. The van der Waals surface area contributed by atoms with Crippen molar-refractivity contribution in [2.75, 3.05) is 26.2 Å². The lowest BCUT2D eigenvalue weighted by molar-refractivity contribution is 0.0567. The van der Waals surface area contributed by atoms with Gasteiger partial charge in [0.15, 0.2) is 0 Å². The molecule has 0 N–H and O–H groups in total. The molecule has 2 aliphatic heterocycles. The average Bonchev–Trinajstić information content (AvgIpc) is 2.77. The first-order valence-corrected chi connectivity index (χ1v) is 9.27. The summed E-state index contributed by atoms with van der Waals surface area (Å²) < 4.78 is 1.84. The highest BCUT2D eigenvalue weighted by Crippen LogP contribution is 2.21. The lowest BCUT2D eigenvalue weighted by atomic mass is 10.0. The van der Waals surface area contributed by atoms with Crippen LogP contribution in [0.1, 0.15) is 61.6 Å². The van der Waals surface area contributed by atoms with Crippen LogP contribution in [0.15, 0.2) is 6.07 Å². The molecule has 0 aliphatic carbocycles. The molecule has 0 aromatic carbocycles. The van der Waals surface area contributed by atoms with Crippen LogP contribution in [0.4, 0.5) is 0 Å². The minimum Gasteiger partial charge on any atom is -0.336 e. The third-order valence-corrected chi connectivity index (χ3v) is 5.26. The van der Waals surface area contributed by atoms with Crippen LogP contribution in [0, 0.1) is 6.92 Å². The van der Waals surface area contributed by atoms with E-state index in [1.54, 1.807) is 0 Å². The quantitative estimate of drug-likeness (QED) is 0.860. The van der Waals surface area contributed by atoms with Gasteiger partial charge in [-0.3, -0.25) is 14.4 Å². The minimum absolute atomic E-state index is 0.159. The van der Waals surface area contributed by atoms with Crippen molar-refractivity contribution in [1.29, 1.82) is 0 Å². The first kappa shape index (κ1) is 16.5. The lowest BCUT2D eigenvalue weighted by Crippen LogP contribution is -2.50. The number of aromatic nitrogens is 2. The number of carbonyl (C=O) groups is 1. The van der Waals surface area contributed by atoms with Gasteiger partial charge in [0.1, 0.15) is 5.69 Å². The Morgan fingerprint density at radius 3 is 2.61 bits per heavy atom. The van der Waals surface area contributed by atoms with Gasteiger partial charge < -0.3 is 4.90 Å². The normalized spacial score (nSPS) is 23.7. The van der Waals surface area contributed by atoms with E-state index in [4.69, 9.17) is 0 Å². The molecule has 2 fully saturated rings. The summed E-state index contributed by atoms with van der Waals surface area (Å²) in [6, 6.07) is 2.48. The summed E-state index contributed by atoms with van der Waals surface area (Å²) in [5, 5.41) is 4.43. The molecule has 5 nitrogen and oxygen atoms in total. The van der Waals surface area contributed by atoms with Gasteiger partial charge in [0.05, 0.1) is 5.69 Å². The smallest absolute Gasteiger partial charge is 0.272 e. The van der Waals surface area contributed by atoms with Crippen LogP contribution in [0.5, 0.6) is 0 Å². The van der Waals surface area contributed by atoms with E-state index in [2.05, 4.69) is 14.9 Å². The summed E-state index contributed by atoms with van der Waals surface area (Å²) in [5.74, 6) is 0.159. The average molecular weight is 318 g/mol. The van der Waals surface area contributed by atoms with Gasteiger partial charge in [0.25, 0.3) is 5.91 Å². The molecule has 128 valence electrons. The van der Waals surface area contributed by atoms with Crippen LogP contribution in [0.25, 0.3) is 0 Å². The zero-order valence-corrected chi connectivity index (χ0v) is 14.6. The zero-order valence-electron chi connectivity index (χ0n) is 14.6. The molecule has 0 bridgehead atoms. The van der Waals surface area contributed by atoms with Gasteiger partial charge in [0.2, 0.25) is 0 Å². The van der Waals surface area contributed by atoms with Crippen molar-refractivity contribution in [3.63, 3.8) is 0 Å². The fourth-order valence-electron chi connectivity index (χ4n) is 4.02. The third kappa shape index (κ3) is 3.77. The van der Waals surface area contributed by atoms with Gasteiger partial charge in [-0.25, -0.2) is 0 Å². The molecule has 0 spiro atoms. The highest BCUT2D eigenvalue weighted by Gasteiger charge is 2.29. The van der Waals surface area contributed by atoms with Crippen LogP contribution >= 0.6 is 0 Å². The zero-order chi connectivity index (χ0) is 16.2. The molecule has 0 radical (unpaired) electrons. The van der Waals surface area contributed by atoms with Crippen LogP contribution < -0.4 is 0 Å². The van der Waals surface area contributed by atoms with Crippen LogP contribution in [0.3, 0.4) is 0 Å². The monoisotopic (exact) mass is 318 g/mol. The molecule has 1 aromatic heterocycles. The predicted molar refractivity (Wildman–Crippen MR) is 91.6 cm³/mol. The Kier molecular flexibility index (Phi) is 5.36. The molecule has 1 aromatic rings. The second kappa shape index (κ2) is 7.47. The Labute approximate surface area is 139 Å². The topological polar surface area (TPSA) is 41.4 Å². The van der Waals surface area contributed by atoms with Crippen LogP contribution in [0.2, 0.25) is 0 Å². The Balaban J connectivity index is 1.68. The SMILES string of the molecule is CCn1nc(C)cc1C(=O)N1CCCC(N2CCCCCC2)C1. The first-order valence-electron chi connectivity index (χ1n) is 9.27. The van der Waals surface area contributed by atoms with Crippen molar-refractivity contribution < 1.29 is 4.79 Å². The molecule has 23 heavy (non-hydrogen) atoms. The Morgan fingerprint density at radius 1 is 1.17 bits per heavy atom. The molecule has 3 rings (SSSR count). The number of hydrogen-bond acceptors (Lipinski definition) is 3. The second-order valence-electron chi connectivity index (χ2n) is 6.98. The van der Waals surface area contributed by atoms with E-state index in [9.17, 15) is 4.79 Å². The van der Waals surface area contributed by atoms with E-state index < -0.39 is 0 Å². The highest BCUT2D eigenvalue weighted by atomic mass is 16.2. The van der Waals surface area contributed by atoms with Gasteiger partial charge >= 0.3 is 0 Å². The molecule has 2 aliphatic rings. The molecule has 0 saturated carbocycles. The highest BCUT2D eigenvalue weighted by molar-refractivity contribution is 5.92. The first-order chi connectivity index (χ1) is 11.2. The molecule has 1 amide bonds. The van der Waals surface area contributed by atoms with Crippen LogP contribution in [-0.2, 0) is 6.54 Å². The Bertz CT molecular complexity index is 531. The molecular weight excluding hydrogens is 288 g/mol. The summed E-state index contributed by atoms with van der Waals surface area (Å²) in [5.41, 5.74) is 1.68. The van der Waals surface area contributed by atoms with Gasteiger partial charge in [0, 0.05) is 25.7 Å². The van der Waals surface area contributed by atoms with E-state index in [1.807, 2.05) is 24.6 Å². The van der Waals surface area contributed by atoms with E-state index >= 15 is 0 Å². The van der Waals surface area contributed by atoms with Crippen LogP contribution in [-0.4, -0.2) is 57.7 Å². The van der Waals surface area contributed by atoms with Gasteiger partial charge in [-0.05, 0) is 58.7 Å². The molecule has 3 heterocycles.